The lowest BCUT2D eigenvalue weighted by molar-refractivity contribution is -0.138. The minimum absolute atomic E-state index is 0.230. The second-order valence-corrected chi connectivity index (χ2v) is 10.4. The quantitative estimate of drug-likeness (QED) is 0.489. The van der Waals surface area contributed by atoms with E-state index in [2.05, 4.69) is 50.6 Å². The van der Waals surface area contributed by atoms with E-state index in [1.54, 1.807) is 12.3 Å². The molecule has 1 unspecified atom stereocenters. The predicted octanol–water partition coefficient (Wildman–Crippen LogP) is 6.05. The van der Waals surface area contributed by atoms with Crippen molar-refractivity contribution in [2.75, 3.05) is 43.4 Å². The standard InChI is InChI=1S/C27H32F3N5/c1-18-22(6-4-7-24(18)27(28,29)30)19(2)32-25-23-14-21(9-8-20(23)15-31-33-25)35-13-11-26(17-35)10-5-12-34(3)16-26/h4,6-9,14-15,19H,5,10-13,16-17H2,1-3H3,(H,32,33)/t19-,26?/m1/s1. The molecule has 0 aliphatic carbocycles. The van der Waals surface area contributed by atoms with Crippen molar-refractivity contribution in [2.45, 2.75) is 45.3 Å². The van der Waals surface area contributed by atoms with Crippen LogP contribution in [0, 0.1) is 12.3 Å². The van der Waals surface area contributed by atoms with Crippen molar-refractivity contribution in [2.24, 2.45) is 5.41 Å². The number of alkyl halides is 3. The van der Waals surface area contributed by atoms with E-state index in [0.717, 1.165) is 42.2 Å². The molecule has 8 heteroatoms. The fourth-order valence-corrected chi connectivity index (χ4v) is 6.02. The van der Waals surface area contributed by atoms with Crippen LogP contribution in [0.1, 0.15) is 48.9 Å². The van der Waals surface area contributed by atoms with E-state index in [-0.39, 0.29) is 11.6 Å². The van der Waals surface area contributed by atoms with Crippen molar-refractivity contribution in [3.63, 3.8) is 0 Å². The highest BCUT2D eigenvalue weighted by molar-refractivity contribution is 5.93. The normalized spacial score (nSPS) is 22.2. The SMILES string of the molecule is Cc1c([C@@H](C)Nc2nncc3ccc(N4CCC5(CCCN(C)C5)C4)cc23)cccc1C(F)(F)F. The highest BCUT2D eigenvalue weighted by Crippen LogP contribution is 2.41. The Morgan fingerprint density at radius 1 is 1.09 bits per heavy atom. The van der Waals surface area contributed by atoms with Gasteiger partial charge in [0.15, 0.2) is 5.82 Å². The minimum atomic E-state index is -4.38. The number of nitrogens with one attached hydrogen (secondary N) is 1. The molecular formula is C27H32F3N5. The number of piperidine rings is 1. The van der Waals surface area contributed by atoms with E-state index < -0.39 is 11.7 Å². The molecule has 2 aromatic carbocycles. The first kappa shape index (κ1) is 23.9. The summed E-state index contributed by atoms with van der Waals surface area (Å²) >= 11 is 0. The summed E-state index contributed by atoms with van der Waals surface area (Å²) in [7, 11) is 2.21. The fourth-order valence-electron chi connectivity index (χ4n) is 6.02. The molecule has 2 aliphatic rings. The topological polar surface area (TPSA) is 44.3 Å². The monoisotopic (exact) mass is 483 g/mol. The van der Waals surface area contributed by atoms with Gasteiger partial charge in [0.2, 0.25) is 0 Å². The fraction of sp³-hybridized carbons (Fsp3) is 0.481. The second kappa shape index (κ2) is 8.97. The number of anilines is 2. The Bertz CT molecular complexity index is 1230. The van der Waals surface area contributed by atoms with E-state index in [4.69, 9.17) is 0 Å². The maximum Gasteiger partial charge on any atom is 0.416 e. The maximum absolute atomic E-state index is 13.4. The van der Waals surface area contributed by atoms with Crippen LogP contribution in [-0.2, 0) is 6.18 Å². The largest absolute Gasteiger partial charge is 0.416 e. The molecule has 3 heterocycles. The zero-order valence-corrected chi connectivity index (χ0v) is 20.5. The van der Waals surface area contributed by atoms with Crippen molar-refractivity contribution in [3.8, 4) is 0 Å². The third kappa shape index (κ3) is 4.68. The van der Waals surface area contributed by atoms with Crippen molar-refractivity contribution in [1.82, 2.24) is 15.1 Å². The van der Waals surface area contributed by atoms with Crippen LogP contribution in [-0.4, -0.2) is 48.3 Å². The molecule has 0 radical (unpaired) electrons. The highest BCUT2D eigenvalue weighted by atomic mass is 19.4. The molecule has 2 atom stereocenters. The number of aromatic nitrogens is 2. The van der Waals surface area contributed by atoms with E-state index in [0.29, 0.717) is 16.8 Å². The Balaban J connectivity index is 1.42. The summed E-state index contributed by atoms with van der Waals surface area (Å²) in [5.41, 5.74) is 1.73. The molecule has 1 spiro atoms. The number of hydrogen-bond acceptors (Lipinski definition) is 5. The van der Waals surface area contributed by atoms with Crippen LogP contribution in [0.4, 0.5) is 24.7 Å². The number of hydrogen-bond donors (Lipinski definition) is 1. The first-order valence-electron chi connectivity index (χ1n) is 12.3. The third-order valence-electron chi connectivity index (χ3n) is 7.80. The van der Waals surface area contributed by atoms with Crippen LogP contribution in [0.15, 0.2) is 42.6 Å². The van der Waals surface area contributed by atoms with Crippen molar-refractivity contribution >= 4 is 22.3 Å². The lowest BCUT2D eigenvalue weighted by Crippen LogP contribution is -2.42. The number of benzene rings is 2. The van der Waals surface area contributed by atoms with E-state index in [1.165, 1.54) is 38.8 Å². The molecule has 1 aromatic heterocycles. The molecule has 2 saturated heterocycles. The molecule has 2 fully saturated rings. The Labute approximate surface area is 204 Å². The van der Waals surface area contributed by atoms with Crippen molar-refractivity contribution < 1.29 is 13.2 Å². The van der Waals surface area contributed by atoms with Gasteiger partial charge in [0, 0.05) is 41.5 Å². The second-order valence-electron chi connectivity index (χ2n) is 10.4. The van der Waals surface area contributed by atoms with Gasteiger partial charge in [-0.05, 0) is 76.0 Å². The van der Waals surface area contributed by atoms with E-state index in [1.807, 2.05) is 6.92 Å². The summed E-state index contributed by atoms with van der Waals surface area (Å²) in [6, 6.07) is 10.3. The Morgan fingerprint density at radius 3 is 2.69 bits per heavy atom. The first-order chi connectivity index (χ1) is 16.7. The molecular weight excluding hydrogens is 451 g/mol. The summed E-state index contributed by atoms with van der Waals surface area (Å²) in [6.07, 6.45) is 1.06. The zero-order chi connectivity index (χ0) is 24.8. The first-order valence-corrected chi connectivity index (χ1v) is 12.3. The predicted molar refractivity (Wildman–Crippen MR) is 134 cm³/mol. The van der Waals surface area contributed by atoms with Gasteiger partial charge in [0.05, 0.1) is 17.8 Å². The molecule has 1 N–H and O–H groups in total. The van der Waals surface area contributed by atoms with Gasteiger partial charge in [-0.15, -0.1) is 5.10 Å². The smallest absolute Gasteiger partial charge is 0.371 e. The zero-order valence-electron chi connectivity index (χ0n) is 20.5. The summed E-state index contributed by atoms with van der Waals surface area (Å²) < 4.78 is 40.3. The van der Waals surface area contributed by atoms with Gasteiger partial charge in [-0.25, -0.2) is 0 Å². The molecule has 0 amide bonds. The van der Waals surface area contributed by atoms with E-state index >= 15 is 0 Å². The summed E-state index contributed by atoms with van der Waals surface area (Å²) in [5.74, 6) is 0.583. The third-order valence-corrected chi connectivity index (χ3v) is 7.80. The van der Waals surface area contributed by atoms with Crippen LogP contribution < -0.4 is 10.2 Å². The molecule has 35 heavy (non-hydrogen) atoms. The lowest BCUT2D eigenvalue weighted by atomic mass is 9.79. The molecule has 0 bridgehead atoms. The van der Waals surface area contributed by atoms with Crippen LogP contribution in [0.2, 0.25) is 0 Å². The highest BCUT2D eigenvalue weighted by Gasteiger charge is 2.40. The Kier molecular flexibility index (Phi) is 6.11. The van der Waals surface area contributed by atoms with Gasteiger partial charge in [0.1, 0.15) is 0 Å². The van der Waals surface area contributed by atoms with Gasteiger partial charge in [-0.2, -0.15) is 18.3 Å². The van der Waals surface area contributed by atoms with Crippen molar-refractivity contribution in [1.29, 1.82) is 0 Å². The van der Waals surface area contributed by atoms with Gasteiger partial charge in [0.25, 0.3) is 0 Å². The molecule has 2 aliphatic heterocycles. The number of likely N-dealkylation sites (tertiary alicyclic amines) is 1. The van der Waals surface area contributed by atoms with Crippen LogP contribution in [0.25, 0.3) is 10.8 Å². The molecule has 5 rings (SSSR count). The van der Waals surface area contributed by atoms with Gasteiger partial charge in [-0.1, -0.05) is 18.2 Å². The Morgan fingerprint density at radius 2 is 1.91 bits per heavy atom. The van der Waals surface area contributed by atoms with Crippen LogP contribution in [0.3, 0.4) is 0 Å². The summed E-state index contributed by atoms with van der Waals surface area (Å²) in [6.45, 7) is 7.77. The summed E-state index contributed by atoms with van der Waals surface area (Å²) in [5, 5.41) is 13.7. The average molecular weight is 484 g/mol. The van der Waals surface area contributed by atoms with Crippen LogP contribution in [0.5, 0.6) is 0 Å². The number of rotatable bonds is 4. The summed E-state index contributed by atoms with van der Waals surface area (Å²) in [4.78, 5) is 4.91. The number of halogens is 3. The molecule has 3 aromatic rings. The van der Waals surface area contributed by atoms with Crippen LogP contribution >= 0.6 is 0 Å². The average Bonchev–Trinajstić information content (AvgIpc) is 3.21. The molecule has 0 saturated carbocycles. The number of fused-ring (bicyclic) bond motifs is 1. The van der Waals surface area contributed by atoms with Crippen molar-refractivity contribution in [3.05, 3.63) is 59.3 Å². The van der Waals surface area contributed by atoms with E-state index in [9.17, 15) is 13.2 Å². The van der Waals surface area contributed by atoms with Gasteiger partial charge in [-0.3, -0.25) is 0 Å². The lowest BCUT2D eigenvalue weighted by Gasteiger charge is -2.38. The molecule has 5 nitrogen and oxygen atoms in total. The Hall–Kier alpha value is -2.87. The maximum atomic E-state index is 13.4. The molecule has 186 valence electrons. The van der Waals surface area contributed by atoms with Gasteiger partial charge >= 0.3 is 6.18 Å². The number of nitrogens with zero attached hydrogens (tertiary/aromatic N) is 4. The van der Waals surface area contributed by atoms with Gasteiger partial charge < -0.3 is 15.1 Å². The minimum Gasteiger partial charge on any atom is -0.371 e.